The third-order valence-corrected chi connectivity index (χ3v) is 7.14. The molecule has 2 aromatic heterocycles. The van der Waals surface area contributed by atoms with Crippen LogP contribution in [0.25, 0.3) is 0 Å². The lowest BCUT2D eigenvalue weighted by atomic mass is 9.85. The van der Waals surface area contributed by atoms with Gasteiger partial charge in [-0.05, 0) is 38.5 Å². The third kappa shape index (κ3) is 3.69. The van der Waals surface area contributed by atoms with Crippen LogP contribution in [0, 0.1) is 5.92 Å². The Morgan fingerprint density at radius 1 is 1.00 bits per heavy atom. The van der Waals surface area contributed by atoms with Crippen LogP contribution >= 0.6 is 0 Å². The summed E-state index contributed by atoms with van der Waals surface area (Å²) in [6, 6.07) is 0. The van der Waals surface area contributed by atoms with Gasteiger partial charge >= 0.3 is 0 Å². The standard InChI is InChI=1S/C21H30N6O2/c28-18(15-9-10-16-17(13-15)25-27-24-16)23-21(11-5-1-2-6-12-21)20-22-19(29-26-20)14-7-3-4-8-14/h14-15H,1-13H2,(H,23,28)(H,24,25,27)/t15-/m1/s1. The zero-order chi connectivity index (χ0) is 19.7. The molecule has 8 heteroatoms. The summed E-state index contributed by atoms with van der Waals surface area (Å²) in [5.41, 5.74) is 1.42. The molecule has 3 aliphatic rings. The second kappa shape index (κ2) is 7.88. The molecule has 0 spiro atoms. The number of fused-ring (bicyclic) bond motifs is 1. The molecule has 156 valence electrons. The Kier molecular flexibility index (Phi) is 5.09. The molecule has 3 aliphatic carbocycles. The van der Waals surface area contributed by atoms with Gasteiger partial charge in [-0.2, -0.15) is 20.4 Å². The fraction of sp³-hybridized carbons (Fsp3) is 0.762. The molecule has 2 aromatic rings. The monoisotopic (exact) mass is 398 g/mol. The van der Waals surface area contributed by atoms with Crippen molar-refractivity contribution in [3.63, 3.8) is 0 Å². The number of H-pyrrole nitrogens is 1. The molecule has 2 N–H and O–H groups in total. The molecular weight excluding hydrogens is 368 g/mol. The molecule has 8 nitrogen and oxygen atoms in total. The van der Waals surface area contributed by atoms with E-state index in [1.807, 2.05) is 0 Å². The average molecular weight is 399 g/mol. The zero-order valence-electron chi connectivity index (χ0n) is 17.0. The van der Waals surface area contributed by atoms with E-state index in [4.69, 9.17) is 9.51 Å². The highest BCUT2D eigenvalue weighted by Gasteiger charge is 2.41. The number of carbonyl (C=O) groups is 1. The summed E-state index contributed by atoms with van der Waals surface area (Å²) in [7, 11) is 0. The molecule has 0 aromatic carbocycles. The predicted molar refractivity (Wildman–Crippen MR) is 105 cm³/mol. The molecule has 0 saturated heterocycles. The summed E-state index contributed by atoms with van der Waals surface area (Å²) in [5, 5.41) is 18.9. The average Bonchev–Trinajstić information content (AvgIpc) is 3.48. The van der Waals surface area contributed by atoms with Crippen molar-refractivity contribution in [3.05, 3.63) is 23.1 Å². The van der Waals surface area contributed by atoms with Gasteiger partial charge in [0.1, 0.15) is 5.54 Å². The largest absolute Gasteiger partial charge is 0.343 e. The number of aryl methyl sites for hydroxylation is 1. The molecule has 0 radical (unpaired) electrons. The van der Waals surface area contributed by atoms with Crippen molar-refractivity contribution in [2.24, 2.45) is 5.92 Å². The summed E-state index contributed by atoms with van der Waals surface area (Å²) < 4.78 is 5.70. The van der Waals surface area contributed by atoms with Crippen molar-refractivity contribution in [2.75, 3.05) is 0 Å². The van der Waals surface area contributed by atoms with Gasteiger partial charge in [-0.15, -0.1) is 0 Å². The van der Waals surface area contributed by atoms with Crippen molar-refractivity contribution < 1.29 is 9.32 Å². The van der Waals surface area contributed by atoms with Crippen LogP contribution in [-0.4, -0.2) is 31.5 Å². The summed E-state index contributed by atoms with van der Waals surface area (Å²) in [4.78, 5) is 18.1. The molecule has 2 fully saturated rings. The number of aromatic nitrogens is 5. The van der Waals surface area contributed by atoms with E-state index in [1.165, 1.54) is 25.7 Å². The Morgan fingerprint density at radius 2 is 1.76 bits per heavy atom. The van der Waals surface area contributed by atoms with Gasteiger partial charge in [0, 0.05) is 18.3 Å². The van der Waals surface area contributed by atoms with E-state index >= 15 is 0 Å². The molecule has 5 rings (SSSR count). The number of amides is 1. The fourth-order valence-corrected chi connectivity index (χ4v) is 5.35. The van der Waals surface area contributed by atoms with Crippen molar-refractivity contribution in [1.29, 1.82) is 0 Å². The van der Waals surface area contributed by atoms with Crippen LogP contribution in [0.2, 0.25) is 0 Å². The predicted octanol–water partition coefficient (Wildman–Crippen LogP) is 3.32. The second-order valence-electron chi connectivity index (χ2n) is 9.08. The normalized spacial score (nSPS) is 24.8. The number of hydrogen-bond acceptors (Lipinski definition) is 6. The van der Waals surface area contributed by atoms with Crippen LogP contribution in [0.3, 0.4) is 0 Å². The van der Waals surface area contributed by atoms with Gasteiger partial charge in [-0.3, -0.25) is 4.79 Å². The van der Waals surface area contributed by atoms with Gasteiger partial charge in [-0.1, -0.05) is 43.7 Å². The first-order valence-corrected chi connectivity index (χ1v) is 11.3. The van der Waals surface area contributed by atoms with Gasteiger partial charge in [0.15, 0.2) is 5.82 Å². The van der Waals surface area contributed by atoms with Gasteiger partial charge in [-0.25, -0.2) is 0 Å². The molecule has 29 heavy (non-hydrogen) atoms. The highest BCUT2D eigenvalue weighted by atomic mass is 16.5. The second-order valence-corrected chi connectivity index (χ2v) is 9.08. The molecule has 0 aliphatic heterocycles. The van der Waals surface area contributed by atoms with Crippen molar-refractivity contribution in [2.45, 2.75) is 94.9 Å². The van der Waals surface area contributed by atoms with E-state index < -0.39 is 5.54 Å². The van der Waals surface area contributed by atoms with Crippen molar-refractivity contribution in [3.8, 4) is 0 Å². The number of nitrogens with zero attached hydrogens (tertiary/aromatic N) is 4. The summed E-state index contributed by atoms with van der Waals surface area (Å²) in [6.07, 6.45) is 13.3. The Bertz CT molecular complexity index is 845. The summed E-state index contributed by atoms with van der Waals surface area (Å²) in [6.45, 7) is 0. The third-order valence-electron chi connectivity index (χ3n) is 7.14. The van der Waals surface area contributed by atoms with Crippen LogP contribution in [0.5, 0.6) is 0 Å². The minimum Gasteiger partial charge on any atom is -0.343 e. The van der Waals surface area contributed by atoms with Gasteiger partial charge in [0.2, 0.25) is 11.8 Å². The highest BCUT2D eigenvalue weighted by molar-refractivity contribution is 5.80. The lowest BCUT2D eigenvalue weighted by molar-refractivity contribution is -0.127. The number of nitrogens with one attached hydrogen (secondary N) is 2. The van der Waals surface area contributed by atoms with E-state index in [0.717, 1.165) is 68.6 Å². The maximum Gasteiger partial charge on any atom is 0.229 e. The minimum absolute atomic E-state index is 0.0751. The van der Waals surface area contributed by atoms with Crippen LogP contribution in [0.15, 0.2) is 4.52 Å². The molecule has 0 unspecified atom stereocenters. The van der Waals surface area contributed by atoms with Gasteiger partial charge in [0.05, 0.1) is 11.4 Å². The lowest BCUT2D eigenvalue weighted by Gasteiger charge is -2.33. The molecule has 0 bridgehead atoms. The van der Waals surface area contributed by atoms with Gasteiger partial charge in [0.25, 0.3) is 0 Å². The summed E-state index contributed by atoms with van der Waals surface area (Å²) >= 11 is 0. The topological polar surface area (TPSA) is 110 Å². The number of rotatable bonds is 4. The maximum atomic E-state index is 13.3. The van der Waals surface area contributed by atoms with E-state index in [-0.39, 0.29) is 11.8 Å². The quantitative estimate of drug-likeness (QED) is 0.765. The van der Waals surface area contributed by atoms with Crippen LogP contribution < -0.4 is 5.32 Å². The highest BCUT2D eigenvalue weighted by Crippen LogP contribution is 2.38. The Balaban J connectivity index is 1.37. The number of carbonyl (C=O) groups excluding carboxylic acids is 1. The van der Waals surface area contributed by atoms with Crippen LogP contribution in [-0.2, 0) is 23.2 Å². The molecule has 2 saturated carbocycles. The van der Waals surface area contributed by atoms with Crippen molar-refractivity contribution in [1.82, 2.24) is 30.9 Å². The summed E-state index contributed by atoms with van der Waals surface area (Å²) in [5.74, 6) is 1.85. The maximum absolute atomic E-state index is 13.3. The first-order chi connectivity index (χ1) is 14.2. The van der Waals surface area contributed by atoms with E-state index in [0.29, 0.717) is 18.2 Å². The van der Waals surface area contributed by atoms with E-state index in [2.05, 4.69) is 25.9 Å². The van der Waals surface area contributed by atoms with Crippen LogP contribution in [0.1, 0.15) is 99.6 Å². The van der Waals surface area contributed by atoms with Crippen molar-refractivity contribution >= 4 is 5.91 Å². The first kappa shape index (κ1) is 18.8. The fourth-order valence-electron chi connectivity index (χ4n) is 5.35. The lowest BCUT2D eigenvalue weighted by Crippen LogP contribution is -2.49. The smallest absolute Gasteiger partial charge is 0.229 e. The van der Waals surface area contributed by atoms with Crippen LogP contribution in [0.4, 0.5) is 0 Å². The first-order valence-electron chi connectivity index (χ1n) is 11.3. The molecular formula is C21H30N6O2. The Morgan fingerprint density at radius 3 is 2.55 bits per heavy atom. The number of aromatic amines is 1. The van der Waals surface area contributed by atoms with E-state index in [1.54, 1.807) is 0 Å². The Labute approximate surface area is 170 Å². The van der Waals surface area contributed by atoms with Gasteiger partial charge < -0.3 is 9.84 Å². The molecule has 1 atom stereocenters. The number of hydrogen-bond donors (Lipinski definition) is 2. The minimum atomic E-state index is -0.502. The van der Waals surface area contributed by atoms with E-state index in [9.17, 15) is 4.79 Å². The zero-order valence-corrected chi connectivity index (χ0v) is 17.0. The SMILES string of the molecule is O=C(NC1(c2noc(C3CCCC3)n2)CCCCCC1)[C@@H]1CCc2n[nH]nc2C1. The Hall–Kier alpha value is -2.25. The molecule has 1 amide bonds. The molecule has 2 heterocycles.